The van der Waals surface area contributed by atoms with Gasteiger partial charge in [-0.05, 0) is 50.2 Å². The molecule has 2 aromatic rings. The molecule has 0 spiro atoms. The Labute approximate surface area is 123 Å². The summed E-state index contributed by atoms with van der Waals surface area (Å²) in [5, 5.41) is 2.72. The first-order valence-electron chi connectivity index (χ1n) is 6.51. The van der Waals surface area contributed by atoms with Crippen LogP contribution in [0.1, 0.15) is 23.0 Å². The van der Waals surface area contributed by atoms with Crippen LogP contribution in [0, 0.1) is 6.92 Å². The van der Waals surface area contributed by atoms with Crippen LogP contribution in [-0.4, -0.2) is 23.3 Å². The first kappa shape index (κ1) is 14.7. The molecule has 108 valence electrons. The molecule has 1 N–H and O–H groups in total. The Hall–Kier alpha value is -2.69. The number of hydrogen-bond donors (Lipinski definition) is 1. The van der Waals surface area contributed by atoms with Crippen molar-refractivity contribution >= 4 is 17.4 Å². The van der Waals surface area contributed by atoms with E-state index in [0.29, 0.717) is 17.0 Å². The van der Waals surface area contributed by atoms with E-state index in [4.69, 9.17) is 4.74 Å². The summed E-state index contributed by atoms with van der Waals surface area (Å²) in [5.41, 5.74) is 2.12. The van der Waals surface area contributed by atoms with Crippen molar-refractivity contribution in [1.29, 1.82) is 0 Å². The fourth-order valence-corrected chi connectivity index (χ4v) is 1.76. The highest BCUT2D eigenvalue weighted by Crippen LogP contribution is 2.13. The third-order valence-corrected chi connectivity index (χ3v) is 2.81. The van der Waals surface area contributed by atoms with Crippen molar-refractivity contribution in [2.45, 2.75) is 13.8 Å². The molecule has 0 atom stereocenters. The van der Waals surface area contributed by atoms with E-state index in [1.54, 1.807) is 42.6 Å². The topological polar surface area (TPSA) is 68.3 Å². The maximum absolute atomic E-state index is 11.8. The lowest BCUT2D eigenvalue weighted by Gasteiger charge is -2.08. The average molecular weight is 284 g/mol. The van der Waals surface area contributed by atoms with Crippen LogP contribution in [0.25, 0.3) is 0 Å². The average Bonchev–Trinajstić information content (AvgIpc) is 2.45. The molecule has 5 heteroatoms. The van der Waals surface area contributed by atoms with Crippen LogP contribution in [0.5, 0.6) is 5.75 Å². The number of pyridine rings is 1. The molecular weight excluding hydrogens is 268 g/mol. The summed E-state index contributed by atoms with van der Waals surface area (Å²) >= 11 is 0. The fraction of sp³-hybridized carbons (Fsp3) is 0.188. The number of nitrogens with one attached hydrogen (secondary N) is 1. The Morgan fingerprint density at radius 2 is 1.90 bits per heavy atom. The van der Waals surface area contributed by atoms with Gasteiger partial charge in [0.25, 0.3) is 5.91 Å². The molecule has 0 aliphatic carbocycles. The Morgan fingerprint density at radius 1 is 1.19 bits per heavy atom. The SMILES string of the molecule is CC(=O)c1ccc(OCC(=O)Nc2ccnc(C)c2)cc1. The van der Waals surface area contributed by atoms with E-state index in [1.165, 1.54) is 6.92 Å². The molecule has 0 radical (unpaired) electrons. The van der Waals surface area contributed by atoms with E-state index in [-0.39, 0.29) is 18.3 Å². The number of carbonyl (C=O) groups excluding carboxylic acids is 2. The summed E-state index contributed by atoms with van der Waals surface area (Å²) in [6.07, 6.45) is 1.63. The van der Waals surface area contributed by atoms with Crippen molar-refractivity contribution < 1.29 is 14.3 Å². The van der Waals surface area contributed by atoms with E-state index in [0.717, 1.165) is 5.69 Å². The molecule has 1 aromatic heterocycles. The predicted molar refractivity (Wildman–Crippen MR) is 79.5 cm³/mol. The molecule has 1 amide bonds. The van der Waals surface area contributed by atoms with Gasteiger partial charge in [0.1, 0.15) is 5.75 Å². The summed E-state index contributed by atoms with van der Waals surface area (Å²) in [5.74, 6) is 0.282. The smallest absolute Gasteiger partial charge is 0.262 e. The second-order valence-electron chi connectivity index (χ2n) is 4.60. The van der Waals surface area contributed by atoms with Gasteiger partial charge >= 0.3 is 0 Å². The number of rotatable bonds is 5. The van der Waals surface area contributed by atoms with E-state index in [9.17, 15) is 9.59 Å². The minimum atomic E-state index is -0.253. The third-order valence-electron chi connectivity index (χ3n) is 2.81. The van der Waals surface area contributed by atoms with Crippen LogP contribution in [0.3, 0.4) is 0 Å². The highest BCUT2D eigenvalue weighted by Gasteiger charge is 2.05. The molecule has 5 nitrogen and oxygen atoms in total. The molecular formula is C16H16N2O3. The quantitative estimate of drug-likeness (QED) is 0.857. The van der Waals surface area contributed by atoms with Crippen LogP contribution in [-0.2, 0) is 4.79 Å². The van der Waals surface area contributed by atoms with Crippen molar-refractivity contribution in [3.8, 4) is 5.75 Å². The molecule has 21 heavy (non-hydrogen) atoms. The molecule has 0 unspecified atom stereocenters. The molecule has 2 rings (SSSR count). The summed E-state index contributed by atoms with van der Waals surface area (Å²) in [4.78, 5) is 27.0. The molecule has 0 aliphatic rings. The van der Waals surface area contributed by atoms with Gasteiger partial charge in [-0.3, -0.25) is 14.6 Å². The molecule has 0 bridgehead atoms. The zero-order valence-corrected chi connectivity index (χ0v) is 11.9. The zero-order valence-electron chi connectivity index (χ0n) is 11.9. The molecule has 0 fully saturated rings. The number of nitrogens with zero attached hydrogens (tertiary/aromatic N) is 1. The fourth-order valence-electron chi connectivity index (χ4n) is 1.76. The van der Waals surface area contributed by atoms with Gasteiger partial charge in [0.2, 0.25) is 0 Å². The molecule has 0 aliphatic heterocycles. The number of Topliss-reactive ketones (excluding diaryl/α,β-unsaturated/α-hetero) is 1. The first-order chi connectivity index (χ1) is 10.0. The predicted octanol–water partition coefficient (Wildman–Crippen LogP) is 2.61. The van der Waals surface area contributed by atoms with Gasteiger partial charge in [-0.2, -0.15) is 0 Å². The van der Waals surface area contributed by atoms with Crippen molar-refractivity contribution in [1.82, 2.24) is 4.98 Å². The number of amides is 1. The maximum Gasteiger partial charge on any atom is 0.262 e. The van der Waals surface area contributed by atoms with Gasteiger partial charge in [-0.25, -0.2) is 0 Å². The molecule has 0 saturated carbocycles. The second kappa shape index (κ2) is 6.65. The zero-order chi connectivity index (χ0) is 15.2. The number of benzene rings is 1. The highest BCUT2D eigenvalue weighted by atomic mass is 16.5. The molecule has 1 aromatic carbocycles. The Bertz CT molecular complexity index is 651. The van der Waals surface area contributed by atoms with Gasteiger partial charge < -0.3 is 10.1 Å². The van der Waals surface area contributed by atoms with Crippen LogP contribution in [0.2, 0.25) is 0 Å². The maximum atomic E-state index is 11.8. The second-order valence-corrected chi connectivity index (χ2v) is 4.60. The van der Waals surface area contributed by atoms with Gasteiger partial charge in [0.15, 0.2) is 12.4 Å². The number of aryl methyl sites for hydroxylation is 1. The monoisotopic (exact) mass is 284 g/mol. The minimum absolute atomic E-state index is 0.00708. The third kappa shape index (κ3) is 4.42. The summed E-state index contributed by atoms with van der Waals surface area (Å²) < 4.78 is 5.37. The van der Waals surface area contributed by atoms with Crippen molar-refractivity contribution in [3.63, 3.8) is 0 Å². The van der Waals surface area contributed by atoms with Crippen molar-refractivity contribution in [2.75, 3.05) is 11.9 Å². The molecule has 1 heterocycles. The summed E-state index contributed by atoms with van der Waals surface area (Å²) in [6.45, 7) is 3.25. The van der Waals surface area contributed by atoms with E-state index in [1.807, 2.05) is 6.92 Å². The van der Waals surface area contributed by atoms with Gasteiger partial charge in [0, 0.05) is 23.1 Å². The van der Waals surface area contributed by atoms with Crippen LogP contribution >= 0.6 is 0 Å². The Balaban J connectivity index is 1.87. The lowest BCUT2D eigenvalue weighted by atomic mass is 10.1. The minimum Gasteiger partial charge on any atom is -0.484 e. The summed E-state index contributed by atoms with van der Waals surface area (Å²) in [6, 6.07) is 10.2. The number of carbonyl (C=O) groups is 2. The highest BCUT2D eigenvalue weighted by molar-refractivity contribution is 5.94. The van der Waals surface area contributed by atoms with E-state index in [2.05, 4.69) is 10.3 Å². The van der Waals surface area contributed by atoms with Crippen molar-refractivity contribution in [3.05, 3.63) is 53.9 Å². The summed E-state index contributed by atoms with van der Waals surface area (Å²) in [7, 11) is 0. The van der Waals surface area contributed by atoms with Gasteiger partial charge in [0.05, 0.1) is 0 Å². The van der Waals surface area contributed by atoms with Crippen LogP contribution < -0.4 is 10.1 Å². The number of hydrogen-bond acceptors (Lipinski definition) is 4. The number of ketones is 1. The normalized spacial score (nSPS) is 10.0. The lowest BCUT2D eigenvalue weighted by molar-refractivity contribution is -0.118. The van der Waals surface area contributed by atoms with Gasteiger partial charge in [-0.15, -0.1) is 0 Å². The number of anilines is 1. The first-order valence-corrected chi connectivity index (χ1v) is 6.51. The number of ether oxygens (including phenoxy) is 1. The van der Waals surface area contributed by atoms with Crippen LogP contribution in [0.4, 0.5) is 5.69 Å². The van der Waals surface area contributed by atoms with Crippen LogP contribution in [0.15, 0.2) is 42.6 Å². The van der Waals surface area contributed by atoms with E-state index >= 15 is 0 Å². The number of aromatic nitrogens is 1. The Morgan fingerprint density at radius 3 is 2.52 bits per heavy atom. The van der Waals surface area contributed by atoms with Crippen molar-refractivity contribution in [2.24, 2.45) is 0 Å². The van der Waals surface area contributed by atoms with E-state index < -0.39 is 0 Å². The largest absolute Gasteiger partial charge is 0.484 e. The standard InChI is InChI=1S/C16H16N2O3/c1-11-9-14(7-8-17-11)18-16(20)10-21-15-5-3-13(4-6-15)12(2)19/h3-9H,10H2,1-2H3,(H,17,18,20). The molecule has 0 saturated heterocycles. The van der Waals surface area contributed by atoms with Gasteiger partial charge in [-0.1, -0.05) is 0 Å². The Kier molecular flexibility index (Phi) is 4.66. The lowest BCUT2D eigenvalue weighted by Crippen LogP contribution is -2.20.